The van der Waals surface area contributed by atoms with Crippen LogP contribution in [0.2, 0.25) is 0 Å². The Morgan fingerprint density at radius 2 is 1.83 bits per heavy atom. The number of nitrogens with one attached hydrogen (secondary N) is 1. The molecule has 0 spiro atoms. The minimum atomic E-state index is -0.406. The molecule has 1 aliphatic rings. The van der Waals surface area contributed by atoms with Gasteiger partial charge in [0.1, 0.15) is 0 Å². The molecule has 1 aromatic carbocycles. The van der Waals surface area contributed by atoms with Crippen molar-refractivity contribution >= 4 is 11.6 Å². The van der Waals surface area contributed by atoms with E-state index in [0.717, 1.165) is 11.3 Å². The van der Waals surface area contributed by atoms with Crippen molar-refractivity contribution in [1.82, 2.24) is 0 Å². The Hall–Kier alpha value is -1.31. The van der Waals surface area contributed by atoms with Crippen molar-refractivity contribution in [2.45, 2.75) is 52.4 Å². The van der Waals surface area contributed by atoms with E-state index in [1.165, 1.54) is 5.56 Å². The molecule has 2 nitrogen and oxygen atoms in total. The zero-order valence-corrected chi connectivity index (χ0v) is 12.2. The lowest BCUT2D eigenvalue weighted by Crippen LogP contribution is -2.36. The Balaban J connectivity index is 2.60. The third-order valence-corrected chi connectivity index (χ3v) is 4.32. The molecule has 1 aromatic rings. The van der Waals surface area contributed by atoms with Crippen LogP contribution >= 0.6 is 0 Å². The second-order valence-corrected chi connectivity index (χ2v) is 6.82. The highest BCUT2D eigenvalue weighted by Crippen LogP contribution is 2.44. The molecule has 1 N–H and O–H groups in total. The van der Waals surface area contributed by atoms with E-state index in [1.54, 1.807) is 0 Å². The number of fused-ring (bicyclic) bond motifs is 1. The molecule has 0 aliphatic carbocycles. The molecule has 0 saturated heterocycles. The van der Waals surface area contributed by atoms with Crippen LogP contribution in [-0.4, -0.2) is 5.91 Å². The van der Waals surface area contributed by atoms with Gasteiger partial charge in [-0.25, -0.2) is 0 Å². The Labute approximate surface area is 110 Å². The Morgan fingerprint density at radius 1 is 1.22 bits per heavy atom. The Morgan fingerprint density at radius 3 is 2.33 bits per heavy atom. The molecule has 0 saturated carbocycles. The number of carbonyl (C=O) groups is 1. The van der Waals surface area contributed by atoms with Crippen LogP contribution in [0.5, 0.6) is 0 Å². The van der Waals surface area contributed by atoms with Crippen LogP contribution in [0.1, 0.15) is 52.7 Å². The minimum Gasteiger partial charge on any atom is -0.325 e. The van der Waals surface area contributed by atoms with Gasteiger partial charge in [0.2, 0.25) is 5.91 Å². The standard InChI is InChI=1S/C16H23NO/c1-10(2)16(6)12-9-11(15(3,4)5)7-8-13(12)17-14(16)18/h7-10H,1-6H3,(H,17,18). The van der Waals surface area contributed by atoms with Gasteiger partial charge in [0.15, 0.2) is 0 Å². The highest BCUT2D eigenvalue weighted by atomic mass is 16.2. The maximum absolute atomic E-state index is 12.2. The zero-order chi connectivity index (χ0) is 13.7. The summed E-state index contributed by atoms with van der Waals surface area (Å²) in [5.74, 6) is 0.410. The van der Waals surface area contributed by atoms with Gasteiger partial charge >= 0.3 is 0 Å². The largest absolute Gasteiger partial charge is 0.325 e. The van der Waals surface area contributed by atoms with Crippen molar-refractivity contribution in [2.75, 3.05) is 5.32 Å². The van der Waals surface area contributed by atoms with Crippen molar-refractivity contribution in [2.24, 2.45) is 5.92 Å². The van der Waals surface area contributed by atoms with E-state index >= 15 is 0 Å². The predicted molar refractivity (Wildman–Crippen MR) is 76.0 cm³/mol. The number of benzene rings is 1. The summed E-state index contributed by atoms with van der Waals surface area (Å²) in [5, 5.41) is 3.01. The van der Waals surface area contributed by atoms with E-state index in [1.807, 2.05) is 13.0 Å². The zero-order valence-electron chi connectivity index (χ0n) is 12.2. The van der Waals surface area contributed by atoms with Crippen LogP contribution in [0.25, 0.3) is 0 Å². The summed E-state index contributed by atoms with van der Waals surface area (Å²) < 4.78 is 0. The molecule has 2 rings (SSSR count). The van der Waals surface area contributed by atoms with E-state index in [4.69, 9.17) is 0 Å². The molecule has 0 aromatic heterocycles. The highest BCUT2D eigenvalue weighted by Gasteiger charge is 2.45. The first-order chi connectivity index (χ1) is 8.17. The number of rotatable bonds is 1. The molecular weight excluding hydrogens is 222 g/mol. The van der Waals surface area contributed by atoms with Gasteiger partial charge in [-0.1, -0.05) is 46.8 Å². The summed E-state index contributed by atoms with van der Waals surface area (Å²) in [7, 11) is 0. The van der Waals surface area contributed by atoms with E-state index in [9.17, 15) is 4.79 Å². The second-order valence-electron chi connectivity index (χ2n) is 6.82. The van der Waals surface area contributed by atoms with Gasteiger partial charge in [0.25, 0.3) is 0 Å². The Bertz CT molecular complexity index is 496. The molecule has 98 valence electrons. The third kappa shape index (κ3) is 1.75. The first-order valence-corrected chi connectivity index (χ1v) is 6.64. The molecule has 0 bridgehead atoms. The van der Waals surface area contributed by atoms with Gasteiger partial charge in [0.05, 0.1) is 5.41 Å². The topological polar surface area (TPSA) is 29.1 Å². The average molecular weight is 245 g/mol. The molecule has 1 atom stereocenters. The van der Waals surface area contributed by atoms with Gasteiger partial charge in [-0.3, -0.25) is 4.79 Å². The quantitative estimate of drug-likeness (QED) is 0.800. The van der Waals surface area contributed by atoms with Crippen molar-refractivity contribution in [3.63, 3.8) is 0 Å². The molecule has 18 heavy (non-hydrogen) atoms. The Kier molecular flexibility index (Phi) is 2.80. The molecular formula is C16H23NO. The normalized spacial score (nSPS) is 23.2. The number of hydrogen-bond acceptors (Lipinski definition) is 1. The van der Waals surface area contributed by atoms with Crippen LogP contribution in [0.4, 0.5) is 5.69 Å². The lowest BCUT2D eigenvalue weighted by atomic mass is 9.73. The maximum atomic E-state index is 12.2. The van der Waals surface area contributed by atoms with E-state index in [-0.39, 0.29) is 17.2 Å². The smallest absolute Gasteiger partial charge is 0.235 e. The first kappa shape index (κ1) is 13.1. The molecule has 1 aliphatic heterocycles. The van der Waals surface area contributed by atoms with E-state index < -0.39 is 5.41 Å². The summed E-state index contributed by atoms with van der Waals surface area (Å²) in [4.78, 5) is 12.2. The molecule has 0 fully saturated rings. The lowest BCUT2D eigenvalue weighted by Gasteiger charge is -2.28. The van der Waals surface area contributed by atoms with Crippen LogP contribution in [0, 0.1) is 5.92 Å². The van der Waals surface area contributed by atoms with E-state index in [2.05, 4.69) is 52.1 Å². The fourth-order valence-electron chi connectivity index (χ4n) is 2.50. The van der Waals surface area contributed by atoms with E-state index in [0.29, 0.717) is 0 Å². The number of carbonyl (C=O) groups excluding carboxylic acids is 1. The third-order valence-electron chi connectivity index (χ3n) is 4.32. The van der Waals surface area contributed by atoms with Crippen molar-refractivity contribution in [3.8, 4) is 0 Å². The van der Waals surface area contributed by atoms with Crippen molar-refractivity contribution in [3.05, 3.63) is 29.3 Å². The molecule has 1 unspecified atom stereocenters. The summed E-state index contributed by atoms with van der Waals surface area (Å²) in [6.07, 6.45) is 0. The fourth-order valence-corrected chi connectivity index (χ4v) is 2.50. The first-order valence-electron chi connectivity index (χ1n) is 6.64. The maximum Gasteiger partial charge on any atom is 0.235 e. The van der Waals surface area contributed by atoms with Gasteiger partial charge in [-0.05, 0) is 35.4 Å². The number of anilines is 1. The lowest BCUT2D eigenvalue weighted by molar-refractivity contribution is -0.121. The summed E-state index contributed by atoms with van der Waals surface area (Å²) in [6.45, 7) is 12.9. The highest BCUT2D eigenvalue weighted by molar-refractivity contribution is 6.06. The summed E-state index contributed by atoms with van der Waals surface area (Å²) >= 11 is 0. The molecule has 0 radical (unpaired) electrons. The fraction of sp³-hybridized carbons (Fsp3) is 0.562. The second kappa shape index (κ2) is 3.84. The minimum absolute atomic E-state index is 0.110. The van der Waals surface area contributed by atoms with Gasteiger partial charge in [-0.2, -0.15) is 0 Å². The molecule has 2 heteroatoms. The van der Waals surface area contributed by atoms with Gasteiger partial charge in [0, 0.05) is 5.69 Å². The van der Waals surface area contributed by atoms with Gasteiger partial charge in [-0.15, -0.1) is 0 Å². The number of amides is 1. The average Bonchev–Trinajstić information content (AvgIpc) is 2.51. The molecule has 1 heterocycles. The number of hydrogen-bond donors (Lipinski definition) is 1. The van der Waals surface area contributed by atoms with Crippen LogP contribution in [0.3, 0.4) is 0 Å². The monoisotopic (exact) mass is 245 g/mol. The van der Waals surface area contributed by atoms with Crippen molar-refractivity contribution in [1.29, 1.82) is 0 Å². The predicted octanol–water partition coefficient (Wildman–Crippen LogP) is 3.85. The summed E-state index contributed by atoms with van der Waals surface area (Å²) in [5.41, 5.74) is 3.11. The summed E-state index contributed by atoms with van der Waals surface area (Å²) in [6, 6.07) is 6.36. The van der Waals surface area contributed by atoms with Crippen LogP contribution < -0.4 is 5.32 Å². The van der Waals surface area contributed by atoms with Crippen LogP contribution in [0.15, 0.2) is 18.2 Å². The van der Waals surface area contributed by atoms with Crippen molar-refractivity contribution < 1.29 is 4.79 Å². The van der Waals surface area contributed by atoms with Crippen LogP contribution in [-0.2, 0) is 15.6 Å². The van der Waals surface area contributed by atoms with Gasteiger partial charge < -0.3 is 5.32 Å². The molecule has 1 amide bonds. The SMILES string of the molecule is CC(C)C1(C)C(=O)Nc2ccc(C(C)(C)C)cc21.